The molecule has 0 saturated heterocycles. The predicted octanol–water partition coefficient (Wildman–Crippen LogP) is 3.87. The first kappa shape index (κ1) is 18.5. The quantitative estimate of drug-likeness (QED) is 0.824. The normalized spacial score (nSPS) is 12.6. The average Bonchev–Trinajstić information content (AvgIpc) is 3.02. The number of hydrogen-bond acceptors (Lipinski definition) is 4. The summed E-state index contributed by atoms with van der Waals surface area (Å²) in [5.74, 6) is 0.667. The molecule has 6 heteroatoms. The fraction of sp³-hybridized carbons (Fsp3) is 0.444. The van der Waals surface area contributed by atoms with Gasteiger partial charge in [-0.1, -0.05) is 42.7 Å². The SMILES string of the molecule is CC(C)c1cc(C(=O)NC(CCN(C)C)c2ccc(Cl)cc2)no1. The van der Waals surface area contributed by atoms with Crippen LogP contribution in [0.3, 0.4) is 0 Å². The first-order valence-corrected chi connectivity index (χ1v) is 8.42. The first-order chi connectivity index (χ1) is 11.4. The van der Waals surface area contributed by atoms with E-state index in [1.54, 1.807) is 6.07 Å². The molecule has 1 aromatic heterocycles. The number of benzene rings is 1. The van der Waals surface area contributed by atoms with Crippen LogP contribution >= 0.6 is 11.6 Å². The second-order valence-corrected chi connectivity index (χ2v) is 6.88. The van der Waals surface area contributed by atoms with E-state index in [1.165, 1.54) is 0 Å². The summed E-state index contributed by atoms with van der Waals surface area (Å²) in [6.07, 6.45) is 0.787. The lowest BCUT2D eigenvalue weighted by Gasteiger charge is -2.21. The molecule has 0 aliphatic carbocycles. The number of aromatic nitrogens is 1. The number of carbonyl (C=O) groups is 1. The number of halogens is 1. The van der Waals surface area contributed by atoms with Gasteiger partial charge in [0.05, 0.1) is 6.04 Å². The molecule has 0 spiro atoms. The maximum Gasteiger partial charge on any atom is 0.273 e. The molecule has 1 aromatic carbocycles. The van der Waals surface area contributed by atoms with Crippen molar-refractivity contribution in [2.24, 2.45) is 0 Å². The number of hydrogen-bond donors (Lipinski definition) is 1. The van der Waals surface area contributed by atoms with E-state index >= 15 is 0 Å². The van der Waals surface area contributed by atoms with Crippen LogP contribution in [0.4, 0.5) is 0 Å². The van der Waals surface area contributed by atoms with Crippen molar-refractivity contribution >= 4 is 17.5 Å². The van der Waals surface area contributed by atoms with Crippen molar-refractivity contribution in [2.45, 2.75) is 32.2 Å². The zero-order chi connectivity index (χ0) is 17.7. The molecule has 24 heavy (non-hydrogen) atoms. The Hall–Kier alpha value is -1.85. The summed E-state index contributed by atoms with van der Waals surface area (Å²) in [5.41, 5.74) is 1.32. The van der Waals surface area contributed by atoms with Crippen molar-refractivity contribution in [1.82, 2.24) is 15.4 Å². The van der Waals surface area contributed by atoms with E-state index in [1.807, 2.05) is 52.2 Å². The van der Waals surface area contributed by atoms with Crippen LogP contribution in [0.25, 0.3) is 0 Å². The molecule has 0 radical (unpaired) electrons. The lowest BCUT2D eigenvalue weighted by Crippen LogP contribution is -2.31. The van der Waals surface area contributed by atoms with Gasteiger partial charge in [0.25, 0.3) is 5.91 Å². The van der Waals surface area contributed by atoms with Crippen molar-refractivity contribution in [1.29, 1.82) is 0 Å². The Morgan fingerprint density at radius 2 is 1.96 bits per heavy atom. The predicted molar refractivity (Wildman–Crippen MR) is 95.4 cm³/mol. The van der Waals surface area contributed by atoms with Gasteiger partial charge in [-0.3, -0.25) is 4.79 Å². The average molecular weight is 350 g/mol. The van der Waals surface area contributed by atoms with E-state index in [0.29, 0.717) is 16.5 Å². The third-order valence-corrected chi connectivity index (χ3v) is 4.02. The topological polar surface area (TPSA) is 58.4 Å². The highest BCUT2D eigenvalue weighted by Gasteiger charge is 2.19. The van der Waals surface area contributed by atoms with Gasteiger partial charge >= 0.3 is 0 Å². The fourth-order valence-corrected chi connectivity index (χ4v) is 2.43. The van der Waals surface area contributed by atoms with Crippen molar-refractivity contribution in [3.05, 3.63) is 52.4 Å². The van der Waals surface area contributed by atoms with Gasteiger partial charge in [0.15, 0.2) is 5.69 Å². The Balaban J connectivity index is 2.13. The van der Waals surface area contributed by atoms with Crippen molar-refractivity contribution < 1.29 is 9.32 Å². The third kappa shape index (κ3) is 5.08. The Labute approximate surface area is 148 Å². The van der Waals surface area contributed by atoms with Gasteiger partial charge in [-0.2, -0.15) is 0 Å². The molecule has 0 bridgehead atoms. The molecule has 130 valence electrons. The maximum atomic E-state index is 12.5. The molecule has 2 rings (SSSR count). The molecule has 1 amide bonds. The van der Waals surface area contributed by atoms with E-state index in [4.69, 9.17) is 16.1 Å². The van der Waals surface area contributed by atoms with Crippen molar-refractivity contribution in [2.75, 3.05) is 20.6 Å². The molecule has 1 N–H and O–H groups in total. The highest BCUT2D eigenvalue weighted by atomic mass is 35.5. The maximum absolute atomic E-state index is 12.5. The zero-order valence-corrected chi connectivity index (χ0v) is 15.3. The summed E-state index contributed by atoms with van der Waals surface area (Å²) >= 11 is 5.96. The lowest BCUT2D eigenvalue weighted by molar-refractivity contribution is 0.0923. The smallest absolute Gasteiger partial charge is 0.273 e. The van der Waals surface area contributed by atoms with Crippen LogP contribution in [0.2, 0.25) is 5.02 Å². The monoisotopic (exact) mass is 349 g/mol. The molecule has 0 fully saturated rings. The Morgan fingerprint density at radius 1 is 1.29 bits per heavy atom. The fourth-order valence-electron chi connectivity index (χ4n) is 2.31. The summed E-state index contributed by atoms with van der Waals surface area (Å²) in [4.78, 5) is 14.6. The van der Waals surface area contributed by atoms with E-state index in [-0.39, 0.29) is 17.9 Å². The van der Waals surface area contributed by atoms with Gasteiger partial charge in [0.2, 0.25) is 0 Å². The molecule has 1 unspecified atom stereocenters. The van der Waals surface area contributed by atoms with Crippen LogP contribution in [-0.4, -0.2) is 36.6 Å². The number of nitrogens with one attached hydrogen (secondary N) is 1. The summed E-state index contributed by atoms with van der Waals surface area (Å²) in [5, 5.41) is 7.60. The molecule has 1 heterocycles. The van der Waals surface area contributed by atoms with E-state index in [9.17, 15) is 4.79 Å². The van der Waals surface area contributed by atoms with Crippen molar-refractivity contribution in [3.8, 4) is 0 Å². The minimum absolute atomic E-state index is 0.114. The van der Waals surface area contributed by atoms with Crippen LogP contribution in [-0.2, 0) is 0 Å². The Bertz CT molecular complexity index is 665. The van der Waals surface area contributed by atoms with Crippen LogP contribution in [0, 0.1) is 0 Å². The van der Waals surface area contributed by atoms with E-state index < -0.39 is 0 Å². The molecule has 0 aliphatic heterocycles. The van der Waals surface area contributed by atoms with Gasteiger partial charge < -0.3 is 14.7 Å². The highest BCUT2D eigenvalue weighted by molar-refractivity contribution is 6.30. The number of rotatable bonds is 7. The number of amides is 1. The van der Waals surface area contributed by atoms with Gasteiger partial charge in [0, 0.05) is 17.0 Å². The second kappa shape index (κ2) is 8.31. The van der Waals surface area contributed by atoms with Crippen LogP contribution in [0.1, 0.15) is 54.0 Å². The summed E-state index contributed by atoms with van der Waals surface area (Å²) in [6.45, 7) is 4.84. The number of carbonyl (C=O) groups excluding carboxylic acids is 1. The van der Waals surface area contributed by atoms with Gasteiger partial charge in [-0.25, -0.2) is 0 Å². The van der Waals surface area contributed by atoms with Crippen LogP contribution < -0.4 is 5.32 Å². The van der Waals surface area contributed by atoms with E-state index in [2.05, 4.69) is 15.4 Å². The lowest BCUT2D eigenvalue weighted by atomic mass is 10.0. The standard InChI is InChI=1S/C18H24ClN3O2/c1-12(2)17-11-16(21-24-17)18(23)20-15(9-10-22(3)4)13-5-7-14(19)8-6-13/h5-8,11-12,15H,9-10H2,1-4H3,(H,20,23). The van der Waals surface area contributed by atoms with Crippen LogP contribution in [0.5, 0.6) is 0 Å². The molecular formula is C18H24ClN3O2. The van der Waals surface area contributed by atoms with Gasteiger partial charge in [-0.15, -0.1) is 0 Å². The van der Waals surface area contributed by atoms with Gasteiger partial charge in [-0.05, 0) is 44.8 Å². The molecule has 0 saturated carbocycles. The number of nitrogens with zero attached hydrogens (tertiary/aromatic N) is 2. The largest absolute Gasteiger partial charge is 0.360 e. The minimum atomic E-state index is -0.232. The third-order valence-electron chi connectivity index (χ3n) is 3.77. The van der Waals surface area contributed by atoms with Crippen LogP contribution in [0.15, 0.2) is 34.9 Å². The second-order valence-electron chi connectivity index (χ2n) is 6.44. The summed E-state index contributed by atoms with van der Waals surface area (Å²) < 4.78 is 5.21. The summed E-state index contributed by atoms with van der Waals surface area (Å²) in [7, 11) is 4.01. The zero-order valence-electron chi connectivity index (χ0n) is 14.5. The van der Waals surface area contributed by atoms with Gasteiger partial charge in [0.1, 0.15) is 5.76 Å². The Morgan fingerprint density at radius 3 is 2.50 bits per heavy atom. The molecule has 5 nitrogen and oxygen atoms in total. The Kier molecular flexibility index (Phi) is 6.40. The van der Waals surface area contributed by atoms with E-state index in [0.717, 1.165) is 18.5 Å². The van der Waals surface area contributed by atoms with Crippen molar-refractivity contribution in [3.63, 3.8) is 0 Å². The first-order valence-electron chi connectivity index (χ1n) is 8.04. The summed E-state index contributed by atoms with van der Waals surface area (Å²) in [6, 6.07) is 9.12. The molecular weight excluding hydrogens is 326 g/mol. The molecule has 0 aliphatic rings. The molecule has 1 atom stereocenters. The highest BCUT2D eigenvalue weighted by Crippen LogP contribution is 2.21. The minimum Gasteiger partial charge on any atom is -0.360 e. The molecule has 2 aromatic rings.